The number of rotatable bonds is 18. The molecular weight excluding hydrogens is 797 g/mol. The zero-order valence-corrected chi connectivity index (χ0v) is 39.4. The van der Waals surface area contributed by atoms with E-state index in [-0.39, 0.29) is 25.3 Å². The summed E-state index contributed by atoms with van der Waals surface area (Å²) in [5.74, 6) is 2.59. The summed E-state index contributed by atoms with van der Waals surface area (Å²) in [6.45, 7) is 12.4. The average molecular weight is 865 g/mol. The van der Waals surface area contributed by atoms with E-state index >= 15 is 0 Å². The van der Waals surface area contributed by atoms with E-state index in [1.54, 1.807) is 35.5 Å². The van der Waals surface area contributed by atoms with Gasteiger partial charge in [0, 0.05) is 60.9 Å². The molecule has 0 bridgehead atoms. The van der Waals surface area contributed by atoms with Gasteiger partial charge in [0.15, 0.2) is 23.0 Å². The van der Waals surface area contributed by atoms with Gasteiger partial charge in [-0.15, -0.1) is 0 Å². The molecule has 0 N–H and O–H groups in total. The first kappa shape index (κ1) is 47.0. The van der Waals surface area contributed by atoms with Crippen LogP contribution in [0.4, 0.5) is 0 Å². The number of hydrogen-bond acceptors (Lipinski definition) is 9. The van der Waals surface area contributed by atoms with Crippen molar-refractivity contribution in [3.05, 3.63) is 122 Å². The van der Waals surface area contributed by atoms with Crippen LogP contribution in [0, 0.1) is 27.7 Å². The molecule has 0 spiro atoms. The molecule has 0 radical (unpaired) electrons. The van der Waals surface area contributed by atoms with Crippen LogP contribution in [0.3, 0.4) is 0 Å². The monoisotopic (exact) mass is 864 g/mol. The molecule has 11 nitrogen and oxygen atoms in total. The highest BCUT2D eigenvalue weighted by molar-refractivity contribution is 5.91. The third-order valence-electron chi connectivity index (χ3n) is 13.6. The Morgan fingerprint density at radius 1 is 0.587 bits per heavy atom. The highest BCUT2D eigenvalue weighted by Gasteiger charge is 2.42. The molecule has 0 saturated heterocycles. The second kappa shape index (κ2) is 20.3. The number of aryl methyl sites for hydroxylation is 4. The van der Waals surface area contributed by atoms with E-state index < -0.39 is 11.9 Å². The fourth-order valence-electron chi connectivity index (χ4n) is 9.99. The van der Waals surface area contributed by atoms with Gasteiger partial charge in [0.1, 0.15) is 17.8 Å². The summed E-state index contributed by atoms with van der Waals surface area (Å²) in [5, 5.41) is 0. The zero-order valence-electron chi connectivity index (χ0n) is 39.4. The molecule has 0 amide bonds. The summed E-state index contributed by atoms with van der Waals surface area (Å²) in [7, 11) is 12.9. The van der Waals surface area contributed by atoms with E-state index in [1.165, 1.54) is 51.1 Å². The van der Waals surface area contributed by atoms with Gasteiger partial charge >= 0.3 is 11.9 Å². The van der Waals surface area contributed by atoms with Gasteiger partial charge < -0.3 is 42.1 Å². The number of methoxy groups -OCH3 is 5. The molecule has 11 heteroatoms. The SMILES string of the molecule is COc1ccc(C2c3cc(C)c(C)cc3CC[N+]2(C)CCCOC(=O)/C=C/C(=O)OCCC[N+]2(C)CCc3cc(OC)c(OC)cc3C2Cc2cc(C)c(OC)c(OC)c2)cc1C. The molecule has 4 unspecified atom stereocenters. The first-order chi connectivity index (χ1) is 30.2. The molecule has 63 heavy (non-hydrogen) atoms. The Morgan fingerprint density at radius 2 is 1.16 bits per heavy atom. The van der Waals surface area contributed by atoms with E-state index in [0.29, 0.717) is 24.3 Å². The fourth-order valence-corrected chi connectivity index (χ4v) is 9.99. The molecule has 0 aromatic heterocycles. The lowest BCUT2D eigenvalue weighted by atomic mass is 9.83. The first-order valence-corrected chi connectivity index (χ1v) is 22.1. The lowest BCUT2D eigenvalue weighted by Crippen LogP contribution is -2.52. The topological polar surface area (TPSA) is 98.8 Å². The average Bonchev–Trinajstić information content (AvgIpc) is 3.27. The molecule has 4 atom stereocenters. The first-order valence-electron chi connectivity index (χ1n) is 22.1. The molecule has 0 fully saturated rings. The molecule has 338 valence electrons. The summed E-state index contributed by atoms with van der Waals surface area (Å²) >= 11 is 0. The molecule has 0 aliphatic carbocycles. The van der Waals surface area contributed by atoms with Crippen LogP contribution in [0.25, 0.3) is 0 Å². The number of esters is 2. The van der Waals surface area contributed by atoms with Gasteiger partial charge in [0.25, 0.3) is 0 Å². The Morgan fingerprint density at radius 3 is 1.76 bits per heavy atom. The minimum atomic E-state index is -0.569. The molecule has 2 aliphatic rings. The Labute approximate surface area is 374 Å². The van der Waals surface area contributed by atoms with Gasteiger partial charge in [-0.05, 0) is 109 Å². The van der Waals surface area contributed by atoms with Crippen LogP contribution in [0.15, 0.2) is 66.7 Å². The number of nitrogens with zero attached hydrogens (tertiary/aromatic N) is 2. The molecular formula is C52H68N2O9+2. The minimum Gasteiger partial charge on any atom is -0.496 e. The number of benzene rings is 4. The zero-order chi connectivity index (χ0) is 45.5. The van der Waals surface area contributed by atoms with Crippen LogP contribution < -0.4 is 23.7 Å². The summed E-state index contributed by atoms with van der Waals surface area (Å²) < 4.78 is 41.1. The van der Waals surface area contributed by atoms with E-state index in [0.717, 1.165) is 88.3 Å². The number of carbonyl (C=O) groups excluding carboxylic acids is 2. The predicted octanol–water partition coefficient (Wildman–Crippen LogP) is 8.46. The maximum Gasteiger partial charge on any atom is 0.331 e. The van der Waals surface area contributed by atoms with Crippen LogP contribution in [-0.4, -0.2) is 110 Å². The van der Waals surface area contributed by atoms with Crippen molar-refractivity contribution >= 4 is 11.9 Å². The molecule has 6 rings (SSSR count). The largest absolute Gasteiger partial charge is 0.496 e. The van der Waals surface area contributed by atoms with Gasteiger partial charge in [0.2, 0.25) is 0 Å². The highest BCUT2D eigenvalue weighted by Crippen LogP contribution is 2.45. The fraction of sp³-hybridized carbons (Fsp3) is 0.462. The number of likely N-dealkylation sites (N-methyl/N-ethyl adjacent to an activating group) is 2. The second-order valence-electron chi connectivity index (χ2n) is 17.8. The van der Waals surface area contributed by atoms with Crippen LogP contribution in [0.1, 0.15) is 80.6 Å². The van der Waals surface area contributed by atoms with Gasteiger partial charge in [0.05, 0.1) is 89.0 Å². The van der Waals surface area contributed by atoms with Crippen molar-refractivity contribution in [1.29, 1.82) is 0 Å². The lowest BCUT2D eigenvalue weighted by molar-refractivity contribution is -0.941. The van der Waals surface area contributed by atoms with Crippen molar-refractivity contribution in [3.63, 3.8) is 0 Å². The van der Waals surface area contributed by atoms with Crippen LogP contribution >= 0.6 is 0 Å². The second-order valence-corrected chi connectivity index (χ2v) is 17.8. The number of carbonyl (C=O) groups is 2. The third-order valence-corrected chi connectivity index (χ3v) is 13.6. The van der Waals surface area contributed by atoms with Crippen LogP contribution in [-0.2, 0) is 38.3 Å². The Hall–Kier alpha value is -5.52. The molecule has 0 saturated carbocycles. The highest BCUT2D eigenvalue weighted by atomic mass is 16.5. The Balaban J connectivity index is 1.04. The number of hydrogen-bond donors (Lipinski definition) is 0. The standard InChI is InChI=1S/C52H68N2O9/c1-34-27-39-19-23-54(6,51(43(39)29-35(34)2)41-14-15-45(57-7)36(3)28-41)21-13-25-63-50(56)17-16-49(55)62-24-12-20-53(5)22-18-40-32-46(58-8)47(59-9)33-42(40)44(53)30-38-26-37(4)52(61-11)48(31-38)60-10/h14-17,26-29,31-33,44,51H,12-13,18-25,30H2,1-11H3/q+2/b17-16+. The third kappa shape index (κ3) is 10.5. The maximum atomic E-state index is 12.8. The number of quaternary nitrogens is 2. The smallest absolute Gasteiger partial charge is 0.331 e. The minimum absolute atomic E-state index is 0.0812. The summed E-state index contributed by atoms with van der Waals surface area (Å²) in [5.41, 5.74) is 12.3. The maximum absolute atomic E-state index is 12.8. The van der Waals surface area contributed by atoms with E-state index in [1.807, 2.05) is 6.92 Å². The predicted molar refractivity (Wildman–Crippen MR) is 245 cm³/mol. The number of fused-ring (bicyclic) bond motifs is 2. The molecule has 4 aromatic carbocycles. The van der Waals surface area contributed by atoms with Crippen molar-refractivity contribution in [1.82, 2.24) is 0 Å². The van der Waals surface area contributed by atoms with E-state index in [2.05, 4.69) is 89.5 Å². The van der Waals surface area contributed by atoms with E-state index in [9.17, 15) is 9.59 Å². The Bertz CT molecular complexity index is 2320. The van der Waals surface area contributed by atoms with Crippen molar-refractivity contribution in [3.8, 4) is 28.7 Å². The van der Waals surface area contributed by atoms with Crippen LogP contribution in [0.2, 0.25) is 0 Å². The van der Waals surface area contributed by atoms with Gasteiger partial charge in [-0.2, -0.15) is 0 Å². The number of ether oxygens (including phenoxy) is 7. The van der Waals surface area contributed by atoms with Crippen LogP contribution in [0.5, 0.6) is 28.7 Å². The Kier molecular flexibility index (Phi) is 15.2. The summed E-state index contributed by atoms with van der Waals surface area (Å²) in [6.07, 6.45) is 6.26. The van der Waals surface area contributed by atoms with Gasteiger partial charge in [-0.3, -0.25) is 0 Å². The van der Waals surface area contributed by atoms with E-state index in [4.69, 9.17) is 33.2 Å². The van der Waals surface area contributed by atoms with Crippen molar-refractivity contribution in [2.75, 3.05) is 89.0 Å². The quantitative estimate of drug-likeness (QED) is 0.0423. The van der Waals surface area contributed by atoms with Gasteiger partial charge in [-0.1, -0.05) is 12.1 Å². The van der Waals surface area contributed by atoms with Crippen molar-refractivity contribution in [2.45, 2.75) is 71.9 Å². The van der Waals surface area contributed by atoms with Gasteiger partial charge in [-0.25, -0.2) is 9.59 Å². The lowest BCUT2D eigenvalue weighted by Gasteiger charge is -2.46. The normalized spacial score (nSPS) is 20.4. The summed E-state index contributed by atoms with van der Waals surface area (Å²) in [4.78, 5) is 25.6. The molecule has 2 heterocycles. The molecule has 4 aromatic rings. The summed E-state index contributed by atoms with van der Waals surface area (Å²) in [6, 6.07) is 19.9. The van der Waals surface area contributed by atoms with Crippen molar-refractivity contribution < 1.29 is 51.7 Å². The molecule has 2 aliphatic heterocycles. The van der Waals surface area contributed by atoms with Crippen molar-refractivity contribution in [2.24, 2.45) is 0 Å².